The largest absolute Gasteiger partial charge is 0.463 e. The number of likely N-dealkylation sites (N-methyl/N-ethyl adjacent to an activating group) is 1. The van der Waals surface area contributed by atoms with Crippen LogP contribution in [0.1, 0.15) is 6.42 Å². The van der Waals surface area contributed by atoms with Gasteiger partial charge in [-0.15, -0.1) is 0 Å². The minimum Gasteiger partial charge on any atom is -0.463 e. The summed E-state index contributed by atoms with van der Waals surface area (Å²) in [6.07, 6.45) is 1.07. The van der Waals surface area contributed by atoms with E-state index in [1.165, 1.54) is 0 Å². The van der Waals surface area contributed by atoms with Crippen molar-refractivity contribution >= 4 is 6.02 Å². The van der Waals surface area contributed by atoms with Crippen LogP contribution in [0.5, 0.6) is 0 Å². The summed E-state index contributed by atoms with van der Waals surface area (Å²) < 4.78 is 5.14. The molecule has 0 aromatic rings. The van der Waals surface area contributed by atoms with Crippen LogP contribution >= 0.6 is 0 Å². The van der Waals surface area contributed by atoms with Gasteiger partial charge in [0.15, 0.2) is 0 Å². The highest BCUT2D eigenvalue weighted by Crippen LogP contribution is 2.28. The summed E-state index contributed by atoms with van der Waals surface area (Å²) in [6, 6.07) is 0.361. The van der Waals surface area contributed by atoms with Crippen LogP contribution < -0.4 is 5.73 Å². The van der Waals surface area contributed by atoms with E-state index in [1.807, 2.05) is 0 Å². The van der Waals surface area contributed by atoms with Gasteiger partial charge >= 0.3 is 0 Å². The van der Waals surface area contributed by atoms with Crippen molar-refractivity contribution in [3.05, 3.63) is 0 Å². The monoisotopic (exact) mass is 155 g/mol. The van der Waals surface area contributed by atoms with Crippen LogP contribution in [0.2, 0.25) is 0 Å². The van der Waals surface area contributed by atoms with E-state index in [-0.39, 0.29) is 5.54 Å². The smallest absolute Gasteiger partial charge is 0.282 e. The fraction of sp³-hybridized carbons (Fsp3) is 0.857. The average Bonchev–Trinajstić information content (AvgIpc) is 2.44. The van der Waals surface area contributed by atoms with E-state index < -0.39 is 0 Å². The Morgan fingerprint density at radius 3 is 3.00 bits per heavy atom. The normalized spacial score (nSPS) is 37.7. The Morgan fingerprint density at radius 1 is 1.73 bits per heavy atom. The molecule has 2 N–H and O–H groups in total. The van der Waals surface area contributed by atoms with Gasteiger partial charge in [0.2, 0.25) is 0 Å². The zero-order valence-electron chi connectivity index (χ0n) is 6.71. The molecule has 4 nitrogen and oxygen atoms in total. The van der Waals surface area contributed by atoms with Gasteiger partial charge in [0.25, 0.3) is 6.02 Å². The maximum Gasteiger partial charge on any atom is 0.282 e. The third-order valence-corrected chi connectivity index (χ3v) is 2.36. The fourth-order valence-electron chi connectivity index (χ4n) is 1.78. The minimum atomic E-state index is -0.00116. The number of hydrogen-bond donors (Lipinski definition) is 1. The lowest BCUT2D eigenvalue weighted by molar-refractivity contribution is 0.251. The first kappa shape index (κ1) is 6.91. The summed E-state index contributed by atoms with van der Waals surface area (Å²) >= 11 is 0. The van der Waals surface area contributed by atoms with Gasteiger partial charge in [-0.05, 0) is 13.5 Å². The molecule has 4 heteroatoms. The molecule has 0 bridgehead atoms. The molecule has 1 atom stereocenters. The maximum absolute atomic E-state index is 5.44. The number of rotatable bonds is 0. The van der Waals surface area contributed by atoms with Gasteiger partial charge in [0.05, 0.1) is 0 Å². The number of ether oxygens (including phenoxy) is 1. The third-order valence-electron chi connectivity index (χ3n) is 2.36. The van der Waals surface area contributed by atoms with E-state index in [0.29, 0.717) is 12.6 Å². The van der Waals surface area contributed by atoms with Crippen LogP contribution in [-0.4, -0.2) is 43.2 Å². The molecule has 0 aliphatic carbocycles. The van der Waals surface area contributed by atoms with E-state index in [2.05, 4.69) is 16.9 Å². The molecular weight excluding hydrogens is 142 g/mol. The van der Waals surface area contributed by atoms with Crippen LogP contribution in [0.3, 0.4) is 0 Å². The van der Waals surface area contributed by atoms with Crippen LogP contribution in [-0.2, 0) is 4.74 Å². The summed E-state index contributed by atoms with van der Waals surface area (Å²) in [5, 5.41) is 0. The molecule has 0 radical (unpaired) electrons. The van der Waals surface area contributed by atoms with E-state index in [0.717, 1.165) is 19.5 Å². The summed E-state index contributed by atoms with van der Waals surface area (Å²) in [5.41, 5.74) is 5.44. The molecule has 0 amide bonds. The zero-order valence-corrected chi connectivity index (χ0v) is 6.71. The van der Waals surface area contributed by atoms with E-state index >= 15 is 0 Å². The Bertz CT molecular complexity index is 204. The first-order valence-electron chi connectivity index (χ1n) is 3.87. The summed E-state index contributed by atoms with van der Waals surface area (Å²) in [6.45, 7) is 2.75. The summed E-state index contributed by atoms with van der Waals surface area (Å²) in [7, 11) is 2.10. The lowest BCUT2D eigenvalue weighted by atomic mass is 10.0. The number of aliphatic imine (C=N–C) groups is 1. The zero-order chi connectivity index (χ0) is 7.90. The summed E-state index contributed by atoms with van der Waals surface area (Å²) in [5.74, 6) is 0. The standard InChI is InChI=1S/C7H13N3O/c1-10-3-2-7(4-10)5-11-6(8)9-7/h2-5H2,1H3,(H2,8,9). The molecule has 0 saturated carbocycles. The molecular formula is C7H13N3O. The van der Waals surface area contributed by atoms with Gasteiger partial charge in [-0.1, -0.05) is 0 Å². The number of nitrogens with zero attached hydrogens (tertiary/aromatic N) is 2. The molecule has 2 aliphatic heterocycles. The molecule has 0 aromatic heterocycles. The molecule has 1 fully saturated rings. The Balaban J connectivity index is 2.13. The Morgan fingerprint density at radius 2 is 2.55 bits per heavy atom. The van der Waals surface area contributed by atoms with Crippen LogP contribution in [0, 0.1) is 0 Å². The second-order valence-electron chi connectivity index (χ2n) is 3.45. The van der Waals surface area contributed by atoms with Crippen molar-refractivity contribution < 1.29 is 4.74 Å². The van der Waals surface area contributed by atoms with Crippen LogP contribution in [0.4, 0.5) is 0 Å². The second kappa shape index (κ2) is 2.11. The van der Waals surface area contributed by atoms with Gasteiger partial charge in [-0.2, -0.15) is 0 Å². The highest BCUT2D eigenvalue weighted by Gasteiger charge is 2.41. The average molecular weight is 155 g/mol. The Kier molecular flexibility index (Phi) is 1.32. The predicted octanol–water partition coefficient (Wildman–Crippen LogP) is -0.594. The van der Waals surface area contributed by atoms with Gasteiger partial charge < -0.3 is 15.4 Å². The SMILES string of the molecule is CN1CCC2(COC(N)=N2)C1. The van der Waals surface area contributed by atoms with Crippen LogP contribution in [0.15, 0.2) is 4.99 Å². The topological polar surface area (TPSA) is 50.9 Å². The molecule has 62 valence electrons. The van der Waals surface area contributed by atoms with E-state index in [4.69, 9.17) is 10.5 Å². The molecule has 0 aromatic carbocycles. The van der Waals surface area contributed by atoms with Crippen molar-refractivity contribution in [3.8, 4) is 0 Å². The third kappa shape index (κ3) is 1.07. The lowest BCUT2D eigenvalue weighted by Crippen LogP contribution is -2.31. The fourth-order valence-corrected chi connectivity index (χ4v) is 1.78. The lowest BCUT2D eigenvalue weighted by Gasteiger charge is -2.15. The highest BCUT2D eigenvalue weighted by molar-refractivity contribution is 5.73. The Labute approximate surface area is 66.0 Å². The second-order valence-corrected chi connectivity index (χ2v) is 3.45. The molecule has 1 saturated heterocycles. The van der Waals surface area contributed by atoms with Gasteiger partial charge in [0.1, 0.15) is 12.1 Å². The maximum atomic E-state index is 5.44. The van der Waals surface area contributed by atoms with Crippen molar-refractivity contribution in [3.63, 3.8) is 0 Å². The molecule has 2 aliphatic rings. The number of likely N-dealkylation sites (tertiary alicyclic amines) is 1. The van der Waals surface area contributed by atoms with Crippen molar-refractivity contribution in [2.24, 2.45) is 10.7 Å². The highest BCUT2D eigenvalue weighted by atomic mass is 16.5. The molecule has 1 unspecified atom stereocenters. The van der Waals surface area contributed by atoms with E-state index in [1.54, 1.807) is 0 Å². The number of nitrogens with two attached hydrogens (primary N) is 1. The van der Waals surface area contributed by atoms with Crippen molar-refractivity contribution in [2.75, 3.05) is 26.7 Å². The number of amidine groups is 1. The van der Waals surface area contributed by atoms with Crippen molar-refractivity contribution in [1.82, 2.24) is 4.90 Å². The molecule has 2 rings (SSSR count). The van der Waals surface area contributed by atoms with Crippen LogP contribution in [0.25, 0.3) is 0 Å². The van der Waals surface area contributed by atoms with Gasteiger partial charge in [-0.25, -0.2) is 4.99 Å². The van der Waals surface area contributed by atoms with Gasteiger partial charge in [0, 0.05) is 13.1 Å². The first-order valence-corrected chi connectivity index (χ1v) is 3.87. The van der Waals surface area contributed by atoms with Crippen molar-refractivity contribution in [2.45, 2.75) is 12.0 Å². The quantitative estimate of drug-likeness (QED) is 0.508. The predicted molar refractivity (Wildman–Crippen MR) is 42.4 cm³/mol. The van der Waals surface area contributed by atoms with Crippen molar-refractivity contribution in [1.29, 1.82) is 0 Å². The minimum absolute atomic E-state index is 0.00116. The first-order chi connectivity index (χ1) is 5.20. The van der Waals surface area contributed by atoms with Gasteiger partial charge in [-0.3, -0.25) is 0 Å². The Hall–Kier alpha value is -0.770. The molecule has 1 spiro atoms. The number of hydrogen-bond acceptors (Lipinski definition) is 4. The summed E-state index contributed by atoms with van der Waals surface area (Å²) in [4.78, 5) is 6.56. The molecule has 11 heavy (non-hydrogen) atoms. The van der Waals surface area contributed by atoms with E-state index in [9.17, 15) is 0 Å². The molecule has 2 heterocycles.